The zero-order valence-corrected chi connectivity index (χ0v) is 8.47. The lowest BCUT2D eigenvalue weighted by Crippen LogP contribution is -2.11. The monoisotopic (exact) mass is 197 g/mol. The predicted octanol–water partition coefficient (Wildman–Crippen LogP) is 0.951. The Morgan fingerprint density at radius 2 is 2.36 bits per heavy atom. The third-order valence-electron chi connectivity index (χ3n) is 1.80. The molecule has 1 aromatic heterocycles. The minimum absolute atomic E-state index is 0.108. The van der Waals surface area contributed by atoms with Gasteiger partial charge in [-0.1, -0.05) is 13.8 Å². The lowest BCUT2D eigenvalue weighted by Gasteiger charge is -2.07. The van der Waals surface area contributed by atoms with Crippen LogP contribution in [0.15, 0.2) is 6.33 Å². The molecule has 0 unspecified atom stereocenters. The van der Waals surface area contributed by atoms with E-state index in [1.54, 1.807) is 4.68 Å². The molecule has 1 N–H and O–H groups in total. The van der Waals surface area contributed by atoms with Gasteiger partial charge in [-0.25, -0.2) is 9.67 Å². The summed E-state index contributed by atoms with van der Waals surface area (Å²) >= 11 is 0. The fourth-order valence-corrected chi connectivity index (χ4v) is 1.20. The van der Waals surface area contributed by atoms with Crippen LogP contribution in [0.4, 0.5) is 0 Å². The first-order valence-corrected chi connectivity index (χ1v) is 4.68. The normalized spacial score (nSPS) is 10.8. The zero-order valence-electron chi connectivity index (χ0n) is 8.47. The molecule has 0 aliphatic rings. The first-order chi connectivity index (χ1) is 6.59. The molecule has 0 atom stereocenters. The third kappa shape index (κ3) is 3.16. The molecule has 0 radical (unpaired) electrons. The van der Waals surface area contributed by atoms with Crippen LogP contribution in [0.5, 0.6) is 0 Å². The number of aromatic nitrogens is 3. The molecule has 0 spiro atoms. The highest BCUT2D eigenvalue weighted by Gasteiger charge is 2.07. The van der Waals surface area contributed by atoms with Gasteiger partial charge in [-0.2, -0.15) is 5.10 Å². The highest BCUT2D eigenvalue weighted by Crippen LogP contribution is 2.03. The van der Waals surface area contributed by atoms with Gasteiger partial charge in [-0.15, -0.1) is 0 Å². The molecule has 5 heteroatoms. The zero-order chi connectivity index (χ0) is 10.6. The summed E-state index contributed by atoms with van der Waals surface area (Å²) in [6.07, 6.45) is 2.03. The van der Waals surface area contributed by atoms with E-state index in [2.05, 4.69) is 23.9 Å². The van der Waals surface area contributed by atoms with Crippen molar-refractivity contribution in [1.29, 1.82) is 0 Å². The van der Waals surface area contributed by atoms with Gasteiger partial charge in [0.05, 0.1) is 6.42 Å². The smallest absolute Gasteiger partial charge is 0.303 e. The van der Waals surface area contributed by atoms with Gasteiger partial charge in [0.1, 0.15) is 12.2 Å². The molecule has 0 aliphatic carbocycles. The van der Waals surface area contributed by atoms with E-state index in [-0.39, 0.29) is 6.42 Å². The molecule has 0 saturated heterocycles. The van der Waals surface area contributed by atoms with Gasteiger partial charge in [0.25, 0.3) is 0 Å². The highest BCUT2D eigenvalue weighted by atomic mass is 16.4. The summed E-state index contributed by atoms with van der Waals surface area (Å²) in [5.74, 6) is 0.436. The summed E-state index contributed by atoms with van der Waals surface area (Å²) in [5, 5.41) is 12.6. The Kier molecular flexibility index (Phi) is 3.62. The lowest BCUT2D eigenvalue weighted by atomic mass is 10.2. The topological polar surface area (TPSA) is 68.0 Å². The minimum atomic E-state index is -0.802. The molecule has 0 fully saturated rings. The van der Waals surface area contributed by atoms with Gasteiger partial charge in [0.15, 0.2) is 0 Å². The van der Waals surface area contributed by atoms with Crippen molar-refractivity contribution in [3.8, 4) is 0 Å². The van der Waals surface area contributed by atoms with E-state index in [9.17, 15) is 4.79 Å². The number of carboxylic acids is 1. The Labute approximate surface area is 82.8 Å². The van der Waals surface area contributed by atoms with Crippen molar-refractivity contribution in [2.45, 2.75) is 33.2 Å². The molecule has 0 amide bonds. The molecule has 1 rings (SSSR count). The van der Waals surface area contributed by atoms with Crippen LogP contribution in [0.1, 0.15) is 26.1 Å². The number of hydrogen-bond acceptors (Lipinski definition) is 3. The summed E-state index contributed by atoms with van der Waals surface area (Å²) in [4.78, 5) is 14.4. The number of rotatable bonds is 5. The number of aryl methyl sites for hydroxylation is 1. The van der Waals surface area contributed by atoms with Crippen LogP contribution in [0.3, 0.4) is 0 Å². The van der Waals surface area contributed by atoms with Crippen LogP contribution in [0, 0.1) is 5.92 Å². The van der Waals surface area contributed by atoms with Gasteiger partial charge >= 0.3 is 5.97 Å². The van der Waals surface area contributed by atoms with Crippen molar-refractivity contribution in [1.82, 2.24) is 14.8 Å². The Morgan fingerprint density at radius 3 is 2.93 bits per heavy atom. The van der Waals surface area contributed by atoms with Crippen molar-refractivity contribution < 1.29 is 9.90 Å². The third-order valence-corrected chi connectivity index (χ3v) is 1.80. The van der Waals surface area contributed by atoms with Crippen molar-refractivity contribution in [3.63, 3.8) is 0 Å². The maximum atomic E-state index is 10.4. The largest absolute Gasteiger partial charge is 0.481 e. The van der Waals surface area contributed by atoms with Crippen molar-refractivity contribution in [2.24, 2.45) is 5.92 Å². The Balaban J connectivity index is 2.58. The van der Waals surface area contributed by atoms with Gasteiger partial charge in [0, 0.05) is 13.0 Å². The number of aliphatic carboxylic acids is 1. The molecule has 5 nitrogen and oxygen atoms in total. The van der Waals surface area contributed by atoms with Crippen molar-refractivity contribution >= 4 is 5.97 Å². The molecule has 1 aromatic rings. The maximum Gasteiger partial charge on any atom is 0.303 e. The molecular formula is C9H15N3O2. The quantitative estimate of drug-likeness (QED) is 0.763. The average molecular weight is 197 g/mol. The van der Waals surface area contributed by atoms with E-state index < -0.39 is 5.97 Å². The lowest BCUT2D eigenvalue weighted by molar-refractivity contribution is -0.137. The first-order valence-electron chi connectivity index (χ1n) is 4.68. The summed E-state index contributed by atoms with van der Waals surface area (Å²) in [6, 6.07) is 0. The molecule has 0 aromatic carbocycles. The standard InChI is InChI=1S/C9H15N3O2/c1-7(2)5-12-8(10-6-11-12)3-4-9(13)14/h6-7H,3-5H2,1-2H3,(H,13,14). The second-order valence-electron chi connectivity index (χ2n) is 3.65. The number of hydrogen-bond donors (Lipinski definition) is 1. The van der Waals surface area contributed by atoms with E-state index in [0.717, 1.165) is 12.4 Å². The van der Waals surface area contributed by atoms with Crippen LogP contribution in [-0.4, -0.2) is 25.8 Å². The van der Waals surface area contributed by atoms with Crippen LogP contribution in [0.2, 0.25) is 0 Å². The van der Waals surface area contributed by atoms with Gasteiger partial charge in [-0.05, 0) is 5.92 Å². The fourth-order valence-electron chi connectivity index (χ4n) is 1.20. The Hall–Kier alpha value is -1.39. The number of carbonyl (C=O) groups is 1. The molecular weight excluding hydrogens is 182 g/mol. The molecule has 0 saturated carbocycles. The average Bonchev–Trinajstić information content (AvgIpc) is 2.47. The molecule has 0 bridgehead atoms. The number of carboxylic acid groups (broad SMARTS) is 1. The van der Waals surface area contributed by atoms with E-state index in [1.165, 1.54) is 6.33 Å². The second-order valence-corrected chi connectivity index (χ2v) is 3.65. The maximum absolute atomic E-state index is 10.4. The van der Waals surface area contributed by atoms with Gasteiger partial charge < -0.3 is 5.11 Å². The van der Waals surface area contributed by atoms with Crippen molar-refractivity contribution in [3.05, 3.63) is 12.2 Å². The molecule has 14 heavy (non-hydrogen) atoms. The van der Waals surface area contributed by atoms with E-state index in [0.29, 0.717) is 12.3 Å². The van der Waals surface area contributed by atoms with Crippen LogP contribution < -0.4 is 0 Å². The summed E-state index contributed by atoms with van der Waals surface area (Å²) in [5.41, 5.74) is 0. The molecule has 78 valence electrons. The van der Waals surface area contributed by atoms with Gasteiger partial charge in [0.2, 0.25) is 0 Å². The summed E-state index contributed by atoms with van der Waals surface area (Å²) in [6.45, 7) is 4.96. The predicted molar refractivity (Wildman–Crippen MR) is 50.8 cm³/mol. The Bertz CT molecular complexity index is 307. The first kappa shape index (κ1) is 10.7. The van der Waals surface area contributed by atoms with Crippen LogP contribution in [-0.2, 0) is 17.8 Å². The van der Waals surface area contributed by atoms with Crippen LogP contribution >= 0.6 is 0 Å². The Morgan fingerprint density at radius 1 is 1.64 bits per heavy atom. The van der Waals surface area contributed by atoms with E-state index in [1.807, 2.05) is 0 Å². The molecule has 1 heterocycles. The highest BCUT2D eigenvalue weighted by molar-refractivity contribution is 5.66. The minimum Gasteiger partial charge on any atom is -0.481 e. The van der Waals surface area contributed by atoms with Gasteiger partial charge in [-0.3, -0.25) is 4.79 Å². The fraction of sp³-hybridized carbons (Fsp3) is 0.667. The summed E-state index contributed by atoms with van der Waals surface area (Å²) < 4.78 is 1.77. The van der Waals surface area contributed by atoms with Crippen LogP contribution in [0.25, 0.3) is 0 Å². The van der Waals surface area contributed by atoms with E-state index in [4.69, 9.17) is 5.11 Å². The van der Waals surface area contributed by atoms with Crippen molar-refractivity contribution in [2.75, 3.05) is 0 Å². The summed E-state index contributed by atoms with van der Waals surface area (Å²) in [7, 11) is 0. The van der Waals surface area contributed by atoms with E-state index >= 15 is 0 Å². The second kappa shape index (κ2) is 4.74. The SMILES string of the molecule is CC(C)Cn1ncnc1CCC(=O)O. The number of nitrogens with zero attached hydrogens (tertiary/aromatic N) is 3. The molecule has 0 aliphatic heterocycles.